The van der Waals surface area contributed by atoms with Gasteiger partial charge in [0.05, 0.1) is 0 Å². The largest absolute Gasteiger partial charge is 0.264 e. The van der Waals surface area contributed by atoms with Gasteiger partial charge < -0.3 is 0 Å². The molecule has 0 saturated heterocycles. The molecule has 2 rings (SSSR count). The molecule has 2 heterocycles. The van der Waals surface area contributed by atoms with Crippen LogP contribution in [0.2, 0.25) is 0 Å². The Morgan fingerprint density at radius 2 is 1.94 bits per heavy atom. The summed E-state index contributed by atoms with van der Waals surface area (Å²) in [5, 5.41) is 0. The van der Waals surface area contributed by atoms with E-state index in [0.717, 1.165) is 5.56 Å². The fourth-order valence-electron chi connectivity index (χ4n) is 1.50. The molecule has 17 heavy (non-hydrogen) atoms. The molecule has 0 atom stereocenters. The molecule has 0 aliphatic carbocycles. The van der Waals surface area contributed by atoms with E-state index in [-0.39, 0.29) is 5.41 Å². The van der Waals surface area contributed by atoms with Crippen molar-refractivity contribution in [3.05, 3.63) is 52.0 Å². The molecule has 1 nitrogen and oxygen atoms in total. The molecule has 2 aromatic heterocycles. The van der Waals surface area contributed by atoms with Gasteiger partial charge in [-0.1, -0.05) is 32.9 Å². The standard InChI is InChI=1S/C15H17NS/c1-15(2,3)14-9-8-13(17-14)7-6-12-5-4-10-16-11-12/h4-11H,1-3H3/b7-6+. The third-order valence-electron chi connectivity index (χ3n) is 2.49. The van der Waals surface area contributed by atoms with Crippen LogP contribution in [-0.2, 0) is 5.41 Å². The highest BCUT2D eigenvalue weighted by Crippen LogP contribution is 2.30. The number of hydrogen-bond donors (Lipinski definition) is 0. The Balaban J connectivity index is 2.15. The summed E-state index contributed by atoms with van der Waals surface area (Å²) in [5.74, 6) is 0. The van der Waals surface area contributed by atoms with E-state index in [1.54, 1.807) is 6.20 Å². The fourth-order valence-corrected chi connectivity index (χ4v) is 2.47. The summed E-state index contributed by atoms with van der Waals surface area (Å²) in [4.78, 5) is 6.80. The van der Waals surface area contributed by atoms with Gasteiger partial charge in [-0.05, 0) is 35.3 Å². The van der Waals surface area contributed by atoms with Gasteiger partial charge in [0.15, 0.2) is 0 Å². The Kier molecular flexibility index (Phi) is 3.43. The number of rotatable bonds is 2. The van der Waals surface area contributed by atoms with E-state index in [1.165, 1.54) is 9.75 Å². The monoisotopic (exact) mass is 243 g/mol. The smallest absolute Gasteiger partial charge is 0.0340 e. The van der Waals surface area contributed by atoms with E-state index in [0.29, 0.717) is 0 Å². The molecule has 0 aromatic carbocycles. The summed E-state index contributed by atoms with van der Waals surface area (Å²) in [6.45, 7) is 6.73. The lowest BCUT2D eigenvalue weighted by atomic mass is 9.95. The lowest BCUT2D eigenvalue weighted by molar-refractivity contribution is 0.604. The average Bonchev–Trinajstić information content (AvgIpc) is 2.76. The highest BCUT2D eigenvalue weighted by Gasteiger charge is 2.15. The van der Waals surface area contributed by atoms with Crippen LogP contribution in [0, 0.1) is 0 Å². The van der Waals surface area contributed by atoms with Gasteiger partial charge in [-0.15, -0.1) is 11.3 Å². The van der Waals surface area contributed by atoms with Crippen molar-refractivity contribution in [2.45, 2.75) is 26.2 Å². The van der Waals surface area contributed by atoms with E-state index >= 15 is 0 Å². The Bertz CT molecular complexity index is 503. The first kappa shape index (κ1) is 12.1. The highest BCUT2D eigenvalue weighted by atomic mass is 32.1. The maximum Gasteiger partial charge on any atom is 0.0340 e. The Morgan fingerprint density at radius 1 is 1.12 bits per heavy atom. The van der Waals surface area contributed by atoms with Crippen molar-refractivity contribution >= 4 is 23.5 Å². The average molecular weight is 243 g/mol. The minimum atomic E-state index is 0.241. The summed E-state index contributed by atoms with van der Waals surface area (Å²) < 4.78 is 0. The molecular formula is C15H17NS. The predicted molar refractivity (Wildman–Crippen MR) is 76.2 cm³/mol. The van der Waals surface area contributed by atoms with Crippen molar-refractivity contribution in [3.8, 4) is 0 Å². The van der Waals surface area contributed by atoms with Crippen LogP contribution in [0.5, 0.6) is 0 Å². The molecule has 0 N–H and O–H groups in total. The van der Waals surface area contributed by atoms with Gasteiger partial charge in [-0.25, -0.2) is 0 Å². The molecule has 0 aliphatic heterocycles. The first-order chi connectivity index (χ1) is 8.05. The van der Waals surface area contributed by atoms with Crippen LogP contribution in [0.25, 0.3) is 12.2 Å². The summed E-state index contributed by atoms with van der Waals surface area (Å²) >= 11 is 1.85. The van der Waals surface area contributed by atoms with Gasteiger partial charge in [-0.3, -0.25) is 4.98 Å². The number of nitrogens with zero attached hydrogens (tertiary/aromatic N) is 1. The van der Waals surface area contributed by atoms with Crippen molar-refractivity contribution in [2.24, 2.45) is 0 Å². The molecule has 0 radical (unpaired) electrons. The van der Waals surface area contributed by atoms with Gasteiger partial charge in [0.2, 0.25) is 0 Å². The second-order valence-corrected chi connectivity index (χ2v) is 6.19. The molecule has 0 aliphatic rings. The molecule has 0 bridgehead atoms. The van der Waals surface area contributed by atoms with Crippen LogP contribution >= 0.6 is 11.3 Å². The quantitative estimate of drug-likeness (QED) is 0.750. The SMILES string of the molecule is CC(C)(C)c1ccc(/C=C/c2cccnc2)s1. The molecule has 0 amide bonds. The maximum atomic E-state index is 4.09. The number of pyridine rings is 1. The molecule has 0 spiro atoms. The van der Waals surface area contributed by atoms with Crippen LogP contribution in [0.3, 0.4) is 0 Å². The van der Waals surface area contributed by atoms with Crippen molar-refractivity contribution in [2.75, 3.05) is 0 Å². The van der Waals surface area contributed by atoms with Crippen LogP contribution in [0.1, 0.15) is 36.1 Å². The van der Waals surface area contributed by atoms with Crippen molar-refractivity contribution in [1.29, 1.82) is 0 Å². The zero-order valence-electron chi connectivity index (χ0n) is 10.5. The highest BCUT2D eigenvalue weighted by molar-refractivity contribution is 7.13. The molecule has 0 fully saturated rings. The molecular weight excluding hydrogens is 226 g/mol. The van der Waals surface area contributed by atoms with Crippen molar-refractivity contribution in [1.82, 2.24) is 4.98 Å². The van der Waals surface area contributed by atoms with Crippen molar-refractivity contribution in [3.63, 3.8) is 0 Å². The summed E-state index contributed by atoms with van der Waals surface area (Å²) in [5.41, 5.74) is 1.38. The number of aromatic nitrogens is 1. The van der Waals surface area contributed by atoms with Crippen molar-refractivity contribution < 1.29 is 0 Å². The normalized spacial score (nSPS) is 12.2. The zero-order valence-corrected chi connectivity index (χ0v) is 11.3. The molecule has 88 valence electrons. The van der Waals surface area contributed by atoms with E-state index in [1.807, 2.05) is 23.6 Å². The Morgan fingerprint density at radius 3 is 2.53 bits per heavy atom. The molecule has 2 aromatic rings. The topological polar surface area (TPSA) is 12.9 Å². The molecule has 0 unspecified atom stereocenters. The van der Waals surface area contributed by atoms with Crippen LogP contribution in [0.4, 0.5) is 0 Å². The molecule has 2 heteroatoms. The third kappa shape index (κ3) is 3.27. The van der Waals surface area contributed by atoms with Gasteiger partial charge in [0, 0.05) is 22.1 Å². The van der Waals surface area contributed by atoms with E-state index in [4.69, 9.17) is 0 Å². The van der Waals surface area contributed by atoms with E-state index in [9.17, 15) is 0 Å². The lowest BCUT2D eigenvalue weighted by Gasteiger charge is -2.15. The van der Waals surface area contributed by atoms with Crippen LogP contribution in [0.15, 0.2) is 36.7 Å². The van der Waals surface area contributed by atoms with Gasteiger partial charge in [-0.2, -0.15) is 0 Å². The Hall–Kier alpha value is -1.41. The minimum absolute atomic E-state index is 0.241. The Labute approximate surface area is 107 Å². The van der Waals surface area contributed by atoms with E-state index < -0.39 is 0 Å². The maximum absolute atomic E-state index is 4.09. The number of thiophene rings is 1. The summed E-state index contributed by atoms with van der Waals surface area (Å²) in [6.07, 6.45) is 7.91. The predicted octanol–water partition coefficient (Wildman–Crippen LogP) is 4.61. The first-order valence-corrected chi connectivity index (χ1v) is 6.56. The summed E-state index contributed by atoms with van der Waals surface area (Å²) in [7, 11) is 0. The van der Waals surface area contributed by atoms with Gasteiger partial charge >= 0.3 is 0 Å². The zero-order chi connectivity index (χ0) is 12.3. The van der Waals surface area contributed by atoms with Crippen LogP contribution < -0.4 is 0 Å². The first-order valence-electron chi connectivity index (χ1n) is 5.74. The summed E-state index contributed by atoms with van der Waals surface area (Å²) in [6, 6.07) is 8.40. The van der Waals surface area contributed by atoms with Crippen LogP contribution in [-0.4, -0.2) is 4.98 Å². The molecule has 0 saturated carbocycles. The fraction of sp³-hybridized carbons (Fsp3) is 0.267. The number of hydrogen-bond acceptors (Lipinski definition) is 2. The second kappa shape index (κ2) is 4.84. The second-order valence-electron chi connectivity index (χ2n) is 5.07. The lowest BCUT2D eigenvalue weighted by Crippen LogP contribution is -2.07. The van der Waals surface area contributed by atoms with Gasteiger partial charge in [0.25, 0.3) is 0 Å². The third-order valence-corrected chi connectivity index (χ3v) is 3.97. The van der Waals surface area contributed by atoms with E-state index in [2.05, 4.69) is 56.1 Å². The minimum Gasteiger partial charge on any atom is -0.264 e. The van der Waals surface area contributed by atoms with Gasteiger partial charge in [0.1, 0.15) is 0 Å².